The minimum atomic E-state index is 0.735. The molecule has 24 heavy (non-hydrogen) atoms. The molecule has 0 unspecified atom stereocenters. The average molecular weight is 362 g/mol. The summed E-state index contributed by atoms with van der Waals surface area (Å²) in [6.45, 7) is 4.13. The van der Waals surface area contributed by atoms with Gasteiger partial charge in [-0.2, -0.15) is 9.61 Å². The molecule has 0 amide bonds. The number of rotatable bonds is 4. The Balaban J connectivity index is 1.51. The first-order valence-electron chi connectivity index (χ1n) is 7.73. The fourth-order valence-corrected chi connectivity index (χ4v) is 3.42. The molecule has 3 heterocycles. The summed E-state index contributed by atoms with van der Waals surface area (Å²) in [5, 5.41) is 14.7. The van der Waals surface area contributed by atoms with Crippen molar-refractivity contribution in [2.24, 2.45) is 0 Å². The third kappa shape index (κ3) is 3.49. The van der Waals surface area contributed by atoms with Crippen molar-refractivity contribution in [3.05, 3.63) is 45.7 Å². The second-order valence-electron chi connectivity index (χ2n) is 5.52. The van der Waals surface area contributed by atoms with Gasteiger partial charge in [0.05, 0.1) is 19.8 Å². The number of ether oxygens (including phenoxy) is 1. The Morgan fingerprint density at radius 3 is 2.71 bits per heavy atom. The Labute approximate surface area is 148 Å². The molecule has 4 rings (SSSR count). The van der Waals surface area contributed by atoms with E-state index in [1.165, 1.54) is 11.3 Å². The van der Waals surface area contributed by atoms with Gasteiger partial charge in [0.2, 0.25) is 4.96 Å². The zero-order valence-corrected chi connectivity index (χ0v) is 14.5. The van der Waals surface area contributed by atoms with Crippen molar-refractivity contribution in [2.45, 2.75) is 6.54 Å². The van der Waals surface area contributed by atoms with Crippen molar-refractivity contribution in [1.29, 1.82) is 0 Å². The highest BCUT2D eigenvalue weighted by atomic mass is 35.5. The lowest BCUT2D eigenvalue weighted by Gasteiger charge is -2.25. The van der Waals surface area contributed by atoms with Crippen molar-refractivity contribution in [3.8, 4) is 0 Å². The molecule has 1 aliphatic rings. The van der Waals surface area contributed by atoms with Gasteiger partial charge in [-0.15, -0.1) is 10.2 Å². The highest BCUT2D eigenvalue weighted by molar-refractivity contribution is 7.17. The molecule has 1 fully saturated rings. The smallest absolute Gasteiger partial charge is 0.235 e. The van der Waals surface area contributed by atoms with Gasteiger partial charge in [0.25, 0.3) is 0 Å². The van der Waals surface area contributed by atoms with Crippen molar-refractivity contribution in [1.82, 2.24) is 24.7 Å². The number of benzene rings is 1. The highest BCUT2D eigenvalue weighted by Crippen LogP contribution is 2.18. The zero-order valence-electron chi connectivity index (χ0n) is 12.9. The van der Waals surface area contributed by atoms with Crippen LogP contribution in [0.1, 0.15) is 16.4 Å². The maximum atomic E-state index is 5.90. The number of fused-ring (bicyclic) bond motifs is 1. The van der Waals surface area contributed by atoms with Crippen LogP contribution < -0.4 is 0 Å². The van der Waals surface area contributed by atoms with Crippen molar-refractivity contribution in [2.75, 3.05) is 26.3 Å². The minimum absolute atomic E-state index is 0.735. The van der Waals surface area contributed by atoms with E-state index < -0.39 is 0 Å². The van der Waals surface area contributed by atoms with Crippen LogP contribution in [0.4, 0.5) is 0 Å². The van der Waals surface area contributed by atoms with Crippen LogP contribution in [-0.4, -0.2) is 51.0 Å². The van der Waals surface area contributed by atoms with E-state index >= 15 is 0 Å². The normalized spacial score (nSPS) is 16.4. The molecule has 3 aromatic rings. The van der Waals surface area contributed by atoms with E-state index in [9.17, 15) is 0 Å². The summed E-state index contributed by atoms with van der Waals surface area (Å²) in [7, 11) is 0. The Hall–Kier alpha value is -1.80. The van der Waals surface area contributed by atoms with Gasteiger partial charge in [0.15, 0.2) is 5.82 Å². The summed E-state index contributed by atoms with van der Waals surface area (Å²) in [6, 6.07) is 7.70. The van der Waals surface area contributed by atoms with Crippen LogP contribution in [0.3, 0.4) is 0 Å². The fourth-order valence-electron chi connectivity index (χ4n) is 2.54. The van der Waals surface area contributed by atoms with E-state index in [1.54, 1.807) is 0 Å². The number of aromatic nitrogens is 4. The number of nitrogens with zero attached hydrogens (tertiary/aromatic N) is 5. The first-order chi connectivity index (χ1) is 11.8. The van der Waals surface area contributed by atoms with Gasteiger partial charge < -0.3 is 4.74 Å². The molecule has 0 saturated carbocycles. The largest absolute Gasteiger partial charge is 0.379 e. The molecule has 0 bridgehead atoms. The van der Waals surface area contributed by atoms with E-state index in [1.807, 2.05) is 40.9 Å². The maximum Gasteiger partial charge on any atom is 0.235 e. The molecule has 1 saturated heterocycles. The molecule has 0 radical (unpaired) electrons. The number of hydrogen-bond donors (Lipinski definition) is 0. The average Bonchev–Trinajstić information content (AvgIpc) is 3.17. The summed E-state index contributed by atoms with van der Waals surface area (Å²) in [6.07, 6.45) is 4.00. The predicted octanol–water partition coefficient (Wildman–Crippen LogP) is 2.84. The van der Waals surface area contributed by atoms with E-state index in [0.29, 0.717) is 0 Å². The van der Waals surface area contributed by atoms with E-state index in [0.717, 1.165) is 59.2 Å². The summed E-state index contributed by atoms with van der Waals surface area (Å²) in [5.74, 6) is 0.870. The topological polar surface area (TPSA) is 55.5 Å². The third-order valence-electron chi connectivity index (χ3n) is 3.83. The van der Waals surface area contributed by atoms with Gasteiger partial charge in [-0.3, -0.25) is 4.90 Å². The molecule has 124 valence electrons. The monoisotopic (exact) mass is 361 g/mol. The predicted molar refractivity (Wildman–Crippen MR) is 95.1 cm³/mol. The molecule has 0 N–H and O–H groups in total. The Morgan fingerprint density at radius 2 is 1.92 bits per heavy atom. The van der Waals surface area contributed by atoms with E-state index in [-0.39, 0.29) is 0 Å². The molecule has 1 aromatic carbocycles. The highest BCUT2D eigenvalue weighted by Gasteiger charge is 2.16. The fraction of sp³-hybridized carbons (Fsp3) is 0.312. The lowest BCUT2D eigenvalue weighted by molar-refractivity contribution is 0.0328. The molecular weight excluding hydrogens is 346 g/mol. The van der Waals surface area contributed by atoms with Crippen molar-refractivity contribution < 1.29 is 4.74 Å². The van der Waals surface area contributed by atoms with Gasteiger partial charge >= 0.3 is 0 Å². The van der Waals surface area contributed by atoms with Crippen LogP contribution >= 0.6 is 22.9 Å². The molecule has 0 spiro atoms. The van der Waals surface area contributed by atoms with Crippen molar-refractivity contribution >= 4 is 40.1 Å². The van der Waals surface area contributed by atoms with Crippen LogP contribution in [0.25, 0.3) is 17.1 Å². The summed E-state index contributed by atoms with van der Waals surface area (Å²) < 4.78 is 7.21. The quantitative estimate of drug-likeness (QED) is 0.715. The van der Waals surface area contributed by atoms with Crippen LogP contribution in [0, 0.1) is 0 Å². The molecule has 0 atom stereocenters. The molecule has 6 nitrogen and oxygen atoms in total. The summed E-state index contributed by atoms with van der Waals surface area (Å²) in [4.78, 5) is 3.12. The molecule has 2 aromatic heterocycles. The first-order valence-corrected chi connectivity index (χ1v) is 8.92. The SMILES string of the molecule is Clc1ccc(/C=C\c2nn3c(CN4CCOCC4)nnc3s2)cc1. The second kappa shape index (κ2) is 6.98. The van der Waals surface area contributed by atoms with Crippen molar-refractivity contribution in [3.63, 3.8) is 0 Å². The van der Waals surface area contributed by atoms with Gasteiger partial charge in [-0.25, -0.2) is 0 Å². The summed E-state index contributed by atoms with van der Waals surface area (Å²) >= 11 is 7.42. The molecule has 0 aliphatic carbocycles. The Bertz CT molecular complexity index is 851. The Morgan fingerprint density at radius 1 is 1.12 bits per heavy atom. The van der Waals surface area contributed by atoms with Crippen LogP contribution in [0.5, 0.6) is 0 Å². The standard InChI is InChI=1S/C16H16ClN5OS/c17-13-4-1-12(2-5-13)3-6-15-20-22-14(18-19-16(22)24-15)11-21-7-9-23-10-8-21/h1-6H,7-11H2/b6-3-. The minimum Gasteiger partial charge on any atom is -0.379 e. The maximum absolute atomic E-state index is 5.90. The summed E-state index contributed by atoms with van der Waals surface area (Å²) in [5.41, 5.74) is 1.08. The lowest BCUT2D eigenvalue weighted by Crippen LogP contribution is -2.36. The zero-order chi connectivity index (χ0) is 16.4. The first kappa shape index (κ1) is 15.7. The molecule has 8 heteroatoms. The molecule has 1 aliphatic heterocycles. The third-order valence-corrected chi connectivity index (χ3v) is 4.94. The number of morpholine rings is 1. The van der Waals surface area contributed by atoms with Gasteiger partial charge in [0.1, 0.15) is 5.01 Å². The van der Waals surface area contributed by atoms with Gasteiger partial charge in [-0.1, -0.05) is 41.1 Å². The van der Waals surface area contributed by atoms with Crippen LogP contribution in [-0.2, 0) is 11.3 Å². The van der Waals surface area contributed by atoms with E-state index in [4.69, 9.17) is 16.3 Å². The number of hydrogen-bond acceptors (Lipinski definition) is 6. The van der Waals surface area contributed by atoms with Crippen LogP contribution in [0.15, 0.2) is 24.3 Å². The Kier molecular flexibility index (Phi) is 4.57. The second-order valence-corrected chi connectivity index (χ2v) is 6.95. The molecular formula is C16H16ClN5OS. The van der Waals surface area contributed by atoms with E-state index in [2.05, 4.69) is 20.2 Å². The van der Waals surface area contributed by atoms with Crippen LogP contribution in [0.2, 0.25) is 5.02 Å². The number of halogens is 1. The van der Waals surface area contributed by atoms with Gasteiger partial charge in [-0.05, 0) is 23.8 Å². The lowest BCUT2D eigenvalue weighted by atomic mass is 10.2. The van der Waals surface area contributed by atoms with Gasteiger partial charge in [0, 0.05) is 18.1 Å².